The van der Waals surface area contributed by atoms with Gasteiger partial charge in [0.15, 0.2) is 5.82 Å². The molecule has 3 heterocycles. The Morgan fingerprint density at radius 1 is 1.33 bits per heavy atom. The first kappa shape index (κ1) is 17.6. The molecule has 1 aliphatic heterocycles. The number of rotatable bonds is 2. The second-order valence-corrected chi connectivity index (χ2v) is 7.03. The van der Waals surface area contributed by atoms with Crippen molar-refractivity contribution in [2.75, 3.05) is 0 Å². The fourth-order valence-electron chi connectivity index (χ4n) is 3.30. The minimum absolute atomic E-state index is 0.0904. The van der Waals surface area contributed by atoms with Crippen LogP contribution in [0.5, 0.6) is 0 Å². The number of nitrogens with zero attached hydrogens (tertiary/aromatic N) is 5. The summed E-state index contributed by atoms with van der Waals surface area (Å²) in [7, 11) is 0. The molecule has 0 bridgehead atoms. The van der Waals surface area contributed by atoms with E-state index in [-0.39, 0.29) is 17.8 Å². The van der Waals surface area contributed by atoms with Crippen molar-refractivity contribution in [2.45, 2.75) is 32.9 Å². The number of benzene rings is 1. The molecular weight excluding hydrogens is 369 g/mol. The Morgan fingerprint density at radius 3 is 2.93 bits per heavy atom. The summed E-state index contributed by atoms with van der Waals surface area (Å²) in [6, 6.07) is 7.92. The van der Waals surface area contributed by atoms with Gasteiger partial charge in [0.25, 0.3) is 5.91 Å². The highest BCUT2D eigenvalue weighted by Gasteiger charge is 2.32. The van der Waals surface area contributed by atoms with E-state index in [0.29, 0.717) is 35.1 Å². The molecular formula is C19H17ClFN5O. The number of carbonyl (C=O) groups excluding carboxylic acids is 1. The van der Waals surface area contributed by atoms with Crippen LogP contribution in [0.2, 0.25) is 5.02 Å². The second-order valence-electron chi connectivity index (χ2n) is 6.65. The number of hydrogen-bond donors (Lipinski definition) is 0. The highest BCUT2D eigenvalue weighted by molar-refractivity contribution is 6.34. The summed E-state index contributed by atoms with van der Waals surface area (Å²) in [5.41, 5.74) is 2.85. The lowest BCUT2D eigenvalue weighted by molar-refractivity contribution is 0.0653. The second kappa shape index (κ2) is 6.74. The lowest BCUT2D eigenvalue weighted by Crippen LogP contribution is -2.43. The molecule has 0 aliphatic carbocycles. The van der Waals surface area contributed by atoms with E-state index in [1.54, 1.807) is 11.0 Å². The zero-order valence-electron chi connectivity index (χ0n) is 14.9. The predicted octanol–water partition coefficient (Wildman–Crippen LogP) is 3.35. The molecule has 1 aromatic carbocycles. The topological polar surface area (TPSA) is 63.9 Å². The van der Waals surface area contributed by atoms with Crippen LogP contribution in [0, 0.1) is 12.7 Å². The minimum atomic E-state index is -0.390. The number of fused-ring (bicyclic) bond motifs is 1. The number of pyridine rings is 1. The number of halogens is 2. The fraction of sp³-hybridized carbons (Fsp3) is 0.263. The maximum Gasteiger partial charge on any atom is 0.255 e. The van der Waals surface area contributed by atoms with Gasteiger partial charge in [0.2, 0.25) is 0 Å². The van der Waals surface area contributed by atoms with Crippen molar-refractivity contribution in [3.63, 3.8) is 0 Å². The zero-order valence-corrected chi connectivity index (χ0v) is 15.6. The van der Waals surface area contributed by atoms with Gasteiger partial charge in [0.05, 0.1) is 22.8 Å². The molecule has 0 spiro atoms. The summed E-state index contributed by atoms with van der Waals surface area (Å²) >= 11 is 6.33. The smallest absolute Gasteiger partial charge is 0.255 e. The monoisotopic (exact) mass is 385 g/mol. The average molecular weight is 386 g/mol. The van der Waals surface area contributed by atoms with Gasteiger partial charge in [-0.05, 0) is 31.5 Å². The molecule has 2 aromatic heterocycles. The minimum Gasteiger partial charge on any atom is -0.329 e. The Labute approximate surface area is 160 Å². The third-order valence-electron chi connectivity index (χ3n) is 4.79. The molecule has 6 nitrogen and oxygen atoms in total. The fourth-order valence-corrected chi connectivity index (χ4v) is 3.51. The van der Waals surface area contributed by atoms with Crippen molar-refractivity contribution in [3.05, 3.63) is 69.9 Å². The first-order valence-electron chi connectivity index (χ1n) is 8.57. The van der Waals surface area contributed by atoms with Crippen LogP contribution in [0.15, 0.2) is 36.5 Å². The molecule has 1 aliphatic rings. The third kappa shape index (κ3) is 3.08. The number of carbonyl (C=O) groups is 1. The van der Waals surface area contributed by atoms with E-state index in [1.807, 2.05) is 26.0 Å². The van der Waals surface area contributed by atoms with Crippen LogP contribution in [0.1, 0.15) is 34.2 Å². The van der Waals surface area contributed by atoms with Gasteiger partial charge in [-0.2, -0.15) is 4.68 Å². The summed E-state index contributed by atoms with van der Waals surface area (Å²) < 4.78 is 15.1. The molecule has 27 heavy (non-hydrogen) atoms. The highest BCUT2D eigenvalue weighted by Crippen LogP contribution is 2.28. The molecule has 0 radical (unpaired) electrons. The van der Waals surface area contributed by atoms with E-state index in [4.69, 9.17) is 11.6 Å². The predicted molar refractivity (Wildman–Crippen MR) is 98.3 cm³/mol. The largest absolute Gasteiger partial charge is 0.329 e. The number of hydrogen-bond acceptors (Lipinski definition) is 4. The molecule has 0 N–H and O–H groups in total. The van der Waals surface area contributed by atoms with E-state index < -0.39 is 0 Å². The third-order valence-corrected chi connectivity index (χ3v) is 5.29. The van der Waals surface area contributed by atoms with Crippen LogP contribution in [0.3, 0.4) is 0 Å². The van der Waals surface area contributed by atoms with Crippen LogP contribution < -0.4 is 0 Å². The van der Waals surface area contributed by atoms with Crippen molar-refractivity contribution in [2.24, 2.45) is 0 Å². The molecule has 0 unspecified atom stereocenters. The molecule has 0 saturated carbocycles. The van der Waals surface area contributed by atoms with Crippen molar-refractivity contribution < 1.29 is 9.18 Å². The van der Waals surface area contributed by atoms with Crippen LogP contribution in [-0.4, -0.2) is 36.8 Å². The van der Waals surface area contributed by atoms with E-state index in [0.717, 1.165) is 11.3 Å². The van der Waals surface area contributed by atoms with E-state index in [2.05, 4.69) is 15.3 Å². The summed E-state index contributed by atoms with van der Waals surface area (Å²) in [6.07, 6.45) is 1.93. The standard InChI is InChI=1S/C19H17ClFN5O/c1-11-4-3-5-14(18(11)20)19(27)25-10-15-16(8-12(25)2)26(24-23-15)17-9-13(21)6-7-22-17/h3-7,9,12H,8,10H2,1-2H3/t12-/m1/s1. The van der Waals surface area contributed by atoms with Crippen LogP contribution in [0.4, 0.5) is 4.39 Å². The van der Waals surface area contributed by atoms with Gasteiger partial charge >= 0.3 is 0 Å². The first-order valence-corrected chi connectivity index (χ1v) is 8.95. The van der Waals surface area contributed by atoms with Crippen LogP contribution in [0.25, 0.3) is 5.82 Å². The van der Waals surface area contributed by atoms with E-state index >= 15 is 0 Å². The Morgan fingerprint density at radius 2 is 2.15 bits per heavy atom. The van der Waals surface area contributed by atoms with Crippen molar-refractivity contribution in [1.82, 2.24) is 24.9 Å². The summed E-state index contributed by atoms with van der Waals surface area (Å²) in [5.74, 6) is -0.156. The van der Waals surface area contributed by atoms with Gasteiger partial charge in [-0.25, -0.2) is 9.37 Å². The number of aryl methyl sites for hydroxylation is 1. The molecule has 0 saturated heterocycles. The molecule has 8 heteroatoms. The van der Waals surface area contributed by atoms with Gasteiger partial charge in [-0.3, -0.25) is 4.79 Å². The van der Waals surface area contributed by atoms with Crippen molar-refractivity contribution >= 4 is 17.5 Å². The lowest BCUT2D eigenvalue weighted by atomic mass is 10.0. The molecule has 0 fully saturated rings. The summed E-state index contributed by atoms with van der Waals surface area (Å²) in [4.78, 5) is 18.9. The highest BCUT2D eigenvalue weighted by atomic mass is 35.5. The lowest BCUT2D eigenvalue weighted by Gasteiger charge is -2.33. The molecule has 138 valence electrons. The maximum absolute atomic E-state index is 13.5. The van der Waals surface area contributed by atoms with Crippen molar-refractivity contribution in [3.8, 4) is 5.82 Å². The van der Waals surface area contributed by atoms with E-state index in [1.165, 1.54) is 23.0 Å². The summed E-state index contributed by atoms with van der Waals surface area (Å²) in [6.45, 7) is 4.14. The average Bonchev–Trinajstić information content (AvgIpc) is 3.05. The first-order chi connectivity index (χ1) is 13.0. The van der Waals surface area contributed by atoms with Crippen LogP contribution in [-0.2, 0) is 13.0 Å². The molecule has 1 amide bonds. The molecule has 1 atom stereocenters. The van der Waals surface area contributed by atoms with Gasteiger partial charge in [-0.1, -0.05) is 28.9 Å². The Balaban J connectivity index is 1.67. The maximum atomic E-state index is 13.5. The Hall–Kier alpha value is -2.80. The van der Waals surface area contributed by atoms with Gasteiger partial charge in [0, 0.05) is 24.7 Å². The Kier molecular flexibility index (Phi) is 4.39. The van der Waals surface area contributed by atoms with E-state index in [9.17, 15) is 9.18 Å². The van der Waals surface area contributed by atoms with Gasteiger partial charge in [0.1, 0.15) is 11.5 Å². The van der Waals surface area contributed by atoms with Gasteiger partial charge in [-0.15, -0.1) is 5.10 Å². The van der Waals surface area contributed by atoms with Crippen molar-refractivity contribution in [1.29, 1.82) is 0 Å². The molecule has 4 rings (SSSR count). The summed E-state index contributed by atoms with van der Waals surface area (Å²) in [5, 5.41) is 8.77. The number of amides is 1. The van der Waals surface area contributed by atoms with Gasteiger partial charge < -0.3 is 4.90 Å². The Bertz CT molecular complexity index is 1030. The number of aromatic nitrogens is 4. The molecule has 3 aromatic rings. The SMILES string of the molecule is Cc1cccc(C(=O)N2Cc3nnn(-c4cc(F)ccn4)c3C[C@H]2C)c1Cl. The quantitative estimate of drug-likeness (QED) is 0.678. The van der Waals surface area contributed by atoms with Crippen LogP contribution >= 0.6 is 11.6 Å². The normalized spacial score (nSPS) is 16.3. The zero-order chi connectivity index (χ0) is 19.1.